The van der Waals surface area contributed by atoms with Crippen LogP contribution in [0.15, 0.2) is 0 Å². The van der Waals surface area contributed by atoms with E-state index in [0.29, 0.717) is 5.92 Å². The van der Waals surface area contributed by atoms with E-state index in [0.717, 1.165) is 41.9 Å². The summed E-state index contributed by atoms with van der Waals surface area (Å²) in [5.74, 6) is 1.60. The average Bonchev–Trinajstić information content (AvgIpc) is 3.09. The fraction of sp³-hybridized carbons (Fsp3) is 0.786. The second kappa shape index (κ2) is 5.98. The van der Waals surface area contributed by atoms with Gasteiger partial charge in [-0.25, -0.2) is 0 Å². The van der Waals surface area contributed by atoms with Gasteiger partial charge in [0.2, 0.25) is 4.96 Å². The summed E-state index contributed by atoms with van der Waals surface area (Å²) in [6.45, 7) is 2.66. The number of aromatic nitrogens is 4. The summed E-state index contributed by atoms with van der Waals surface area (Å²) >= 11 is 1.65. The molecular weight excluding hydrogens is 286 g/mol. The zero-order valence-corrected chi connectivity index (χ0v) is 12.9. The van der Waals surface area contributed by atoms with Crippen molar-refractivity contribution < 1.29 is 4.74 Å². The van der Waals surface area contributed by atoms with Crippen LogP contribution in [0.5, 0.6) is 0 Å². The zero-order chi connectivity index (χ0) is 14.1. The van der Waals surface area contributed by atoms with Crippen molar-refractivity contribution in [2.45, 2.75) is 50.5 Å². The van der Waals surface area contributed by atoms with Crippen LogP contribution in [0.3, 0.4) is 0 Å². The first-order valence-electron chi connectivity index (χ1n) is 7.93. The van der Waals surface area contributed by atoms with Gasteiger partial charge in [0.1, 0.15) is 5.01 Å². The lowest BCUT2D eigenvalue weighted by Crippen LogP contribution is -2.39. The molecular formula is C14H21N5OS. The van der Waals surface area contributed by atoms with Crippen molar-refractivity contribution in [1.82, 2.24) is 25.1 Å². The number of rotatable bonds is 3. The maximum atomic E-state index is 5.76. The molecule has 1 aliphatic heterocycles. The predicted molar refractivity (Wildman–Crippen MR) is 80.8 cm³/mol. The van der Waals surface area contributed by atoms with Crippen LogP contribution in [-0.4, -0.2) is 45.6 Å². The summed E-state index contributed by atoms with van der Waals surface area (Å²) < 4.78 is 7.74. The molecule has 1 unspecified atom stereocenters. The van der Waals surface area contributed by atoms with Crippen LogP contribution in [0.1, 0.15) is 48.9 Å². The first kappa shape index (κ1) is 13.6. The Morgan fingerprint density at radius 2 is 2.14 bits per heavy atom. The predicted octanol–water partition coefficient (Wildman–Crippen LogP) is 1.76. The largest absolute Gasteiger partial charge is 0.375 e. The SMILES string of the molecule is C1CCC(c2nnc3sc(CC4CNCCO4)nn23)CC1. The van der Waals surface area contributed by atoms with E-state index in [-0.39, 0.29) is 6.10 Å². The molecule has 0 amide bonds. The van der Waals surface area contributed by atoms with Crippen LogP contribution in [0, 0.1) is 0 Å². The van der Waals surface area contributed by atoms with Crippen LogP contribution in [0.4, 0.5) is 0 Å². The number of nitrogens with one attached hydrogen (secondary N) is 1. The van der Waals surface area contributed by atoms with Crippen molar-refractivity contribution >= 4 is 16.3 Å². The van der Waals surface area contributed by atoms with Gasteiger partial charge in [0, 0.05) is 25.4 Å². The van der Waals surface area contributed by atoms with Gasteiger partial charge < -0.3 is 10.1 Å². The Bertz CT molecular complexity index is 598. The van der Waals surface area contributed by atoms with Crippen molar-refractivity contribution in [3.8, 4) is 0 Å². The molecule has 0 spiro atoms. The van der Waals surface area contributed by atoms with Gasteiger partial charge in [-0.3, -0.25) is 0 Å². The van der Waals surface area contributed by atoms with Gasteiger partial charge in [-0.2, -0.15) is 9.61 Å². The van der Waals surface area contributed by atoms with Gasteiger partial charge >= 0.3 is 0 Å². The molecule has 1 N–H and O–H groups in total. The molecule has 21 heavy (non-hydrogen) atoms. The van der Waals surface area contributed by atoms with E-state index in [9.17, 15) is 0 Å². The highest BCUT2D eigenvalue weighted by molar-refractivity contribution is 7.16. The Kier molecular flexibility index (Phi) is 3.87. The standard InChI is InChI=1S/C14H21N5OS/c1-2-4-10(5-3-1)13-16-17-14-19(13)18-12(21-14)8-11-9-15-6-7-20-11/h10-11,15H,1-9H2. The topological polar surface area (TPSA) is 64.3 Å². The van der Waals surface area contributed by atoms with E-state index in [1.807, 2.05) is 4.52 Å². The van der Waals surface area contributed by atoms with Crippen LogP contribution in [0.2, 0.25) is 0 Å². The Morgan fingerprint density at radius 3 is 2.95 bits per heavy atom. The fourth-order valence-electron chi connectivity index (χ4n) is 3.32. The summed E-state index contributed by atoms with van der Waals surface area (Å²) in [6.07, 6.45) is 7.52. The Hall–Kier alpha value is -1.05. The third kappa shape index (κ3) is 2.82. The Balaban J connectivity index is 1.53. The summed E-state index contributed by atoms with van der Waals surface area (Å²) in [6, 6.07) is 0. The quantitative estimate of drug-likeness (QED) is 0.936. The van der Waals surface area contributed by atoms with Gasteiger partial charge in [0.25, 0.3) is 0 Å². The van der Waals surface area contributed by atoms with Crippen molar-refractivity contribution in [3.05, 3.63) is 10.8 Å². The molecule has 0 aromatic carbocycles. The molecule has 6 nitrogen and oxygen atoms in total. The van der Waals surface area contributed by atoms with Gasteiger partial charge in [-0.05, 0) is 12.8 Å². The van der Waals surface area contributed by atoms with Crippen LogP contribution in [-0.2, 0) is 11.2 Å². The van der Waals surface area contributed by atoms with Gasteiger partial charge in [-0.15, -0.1) is 10.2 Å². The number of hydrogen-bond donors (Lipinski definition) is 1. The monoisotopic (exact) mass is 307 g/mol. The van der Waals surface area contributed by atoms with Crippen LogP contribution >= 0.6 is 11.3 Å². The van der Waals surface area contributed by atoms with Gasteiger partial charge in [0.15, 0.2) is 5.82 Å². The van der Waals surface area contributed by atoms with Crippen molar-refractivity contribution in [2.75, 3.05) is 19.7 Å². The molecule has 2 fully saturated rings. The molecule has 2 aliphatic rings. The smallest absolute Gasteiger partial charge is 0.234 e. The van der Waals surface area contributed by atoms with E-state index in [1.165, 1.54) is 32.1 Å². The normalized spacial score (nSPS) is 24.7. The summed E-state index contributed by atoms with van der Waals surface area (Å²) in [5.41, 5.74) is 0. The Morgan fingerprint density at radius 1 is 1.24 bits per heavy atom. The molecule has 2 aromatic heterocycles. The minimum absolute atomic E-state index is 0.237. The molecule has 2 aromatic rings. The van der Waals surface area contributed by atoms with E-state index >= 15 is 0 Å². The number of fused-ring (bicyclic) bond motifs is 1. The van der Waals surface area contributed by atoms with E-state index in [2.05, 4.69) is 15.5 Å². The minimum atomic E-state index is 0.237. The average molecular weight is 307 g/mol. The summed E-state index contributed by atoms with van der Waals surface area (Å²) in [5, 5.41) is 17.9. The van der Waals surface area contributed by atoms with E-state index in [1.54, 1.807) is 11.3 Å². The number of hydrogen-bond acceptors (Lipinski definition) is 6. The number of morpholine rings is 1. The van der Waals surface area contributed by atoms with Crippen molar-refractivity contribution in [3.63, 3.8) is 0 Å². The third-order valence-electron chi connectivity index (χ3n) is 4.43. The fourth-order valence-corrected chi connectivity index (χ4v) is 4.22. The maximum Gasteiger partial charge on any atom is 0.234 e. The lowest BCUT2D eigenvalue weighted by molar-refractivity contribution is 0.0291. The summed E-state index contributed by atoms with van der Waals surface area (Å²) in [4.78, 5) is 0.925. The third-order valence-corrected chi connectivity index (χ3v) is 5.35. The van der Waals surface area contributed by atoms with Gasteiger partial charge in [-0.1, -0.05) is 30.6 Å². The second-order valence-corrected chi connectivity index (χ2v) is 7.02. The molecule has 1 saturated carbocycles. The first-order chi connectivity index (χ1) is 10.4. The molecule has 1 atom stereocenters. The van der Waals surface area contributed by atoms with E-state index in [4.69, 9.17) is 9.84 Å². The highest BCUT2D eigenvalue weighted by Gasteiger charge is 2.24. The molecule has 0 bridgehead atoms. The first-order valence-corrected chi connectivity index (χ1v) is 8.75. The molecule has 4 rings (SSSR count). The lowest BCUT2D eigenvalue weighted by Gasteiger charge is -2.22. The highest BCUT2D eigenvalue weighted by atomic mass is 32.1. The zero-order valence-electron chi connectivity index (χ0n) is 12.1. The van der Waals surface area contributed by atoms with Crippen molar-refractivity contribution in [2.24, 2.45) is 0 Å². The molecule has 1 saturated heterocycles. The molecule has 3 heterocycles. The number of nitrogens with zero attached hydrogens (tertiary/aromatic N) is 4. The van der Waals surface area contributed by atoms with E-state index < -0.39 is 0 Å². The highest BCUT2D eigenvalue weighted by Crippen LogP contribution is 2.32. The molecule has 114 valence electrons. The Labute approximate surface area is 127 Å². The lowest BCUT2D eigenvalue weighted by atomic mass is 9.89. The summed E-state index contributed by atoms with van der Waals surface area (Å²) in [7, 11) is 0. The van der Waals surface area contributed by atoms with Crippen LogP contribution in [0.25, 0.3) is 4.96 Å². The van der Waals surface area contributed by atoms with Crippen LogP contribution < -0.4 is 5.32 Å². The van der Waals surface area contributed by atoms with Gasteiger partial charge in [0.05, 0.1) is 12.7 Å². The number of ether oxygens (including phenoxy) is 1. The van der Waals surface area contributed by atoms with Crippen molar-refractivity contribution in [1.29, 1.82) is 0 Å². The molecule has 7 heteroatoms. The maximum absolute atomic E-state index is 5.76. The molecule has 0 radical (unpaired) electrons. The molecule has 1 aliphatic carbocycles. The minimum Gasteiger partial charge on any atom is -0.375 e. The second-order valence-electron chi connectivity index (χ2n) is 5.98.